The summed E-state index contributed by atoms with van der Waals surface area (Å²) in [6.45, 7) is 3.67. The van der Waals surface area contributed by atoms with Crippen molar-refractivity contribution >= 4 is 0 Å². The normalized spacial score (nSPS) is 30.2. The SMILES string of the molecule is CC1CCCCC1CNC[C@H](O)CO. The van der Waals surface area contributed by atoms with Gasteiger partial charge in [0, 0.05) is 6.54 Å². The molecule has 0 bridgehead atoms. The molecule has 1 aliphatic carbocycles. The zero-order valence-electron chi connectivity index (χ0n) is 9.08. The average molecular weight is 201 g/mol. The van der Waals surface area contributed by atoms with E-state index in [1.54, 1.807) is 0 Å². The van der Waals surface area contributed by atoms with Gasteiger partial charge in [0.1, 0.15) is 0 Å². The molecule has 1 fully saturated rings. The van der Waals surface area contributed by atoms with E-state index in [0.29, 0.717) is 6.54 Å². The summed E-state index contributed by atoms with van der Waals surface area (Å²) in [5.74, 6) is 1.57. The molecular formula is C11H23NO2. The smallest absolute Gasteiger partial charge is 0.0894 e. The Balaban J connectivity index is 2.10. The molecule has 0 amide bonds. The number of aliphatic hydroxyl groups is 2. The van der Waals surface area contributed by atoms with Gasteiger partial charge in [-0.3, -0.25) is 0 Å². The number of hydrogen-bond acceptors (Lipinski definition) is 3. The molecule has 1 aliphatic rings. The number of hydrogen-bond donors (Lipinski definition) is 3. The molecule has 1 saturated carbocycles. The second kappa shape index (κ2) is 6.38. The lowest BCUT2D eigenvalue weighted by Gasteiger charge is -2.29. The highest BCUT2D eigenvalue weighted by molar-refractivity contribution is 4.74. The van der Waals surface area contributed by atoms with Crippen LogP contribution >= 0.6 is 0 Å². The molecule has 14 heavy (non-hydrogen) atoms. The van der Waals surface area contributed by atoms with Gasteiger partial charge >= 0.3 is 0 Å². The highest BCUT2D eigenvalue weighted by Crippen LogP contribution is 2.28. The van der Waals surface area contributed by atoms with Crippen LogP contribution in [0.5, 0.6) is 0 Å². The van der Waals surface area contributed by atoms with Gasteiger partial charge in [0.15, 0.2) is 0 Å². The van der Waals surface area contributed by atoms with E-state index in [1.807, 2.05) is 0 Å². The van der Waals surface area contributed by atoms with Crippen molar-refractivity contribution < 1.29 is 10.2 Å². The van der Waals surface area contributed by atoms with Crippen LogP contribution in [0.1, 0.15) is 32.6 Å². The number of nitrogens with one attached hydrogen (secondary N) is 1. The summed E-state index contributed by atoms with van der Waals surface area (Å²) in [5.41, 5.74) is 0. The summed E-state index contributed by atoms with van der Waals surface area (Å²) < 4.78 is 0. The molecule has 0 aromatic carbocycles. The first-order valence-corrected chi connectivity index (χ1v) is 5.73. The molecule has 0 aromatic heterocycles. The van der Waals surface area contributed by atoms with Crippen LogP contribution in [-0.2, 0) is 0 Å². The van der Waals surface area contributed by atoms with E-state index in [0.717, 1.165) is 18.4 Å². The maximum Gasteiger partial charge on any atom is 0.0894 e. The molecular weight excluding hydrogens is 178 g/mol. The van der Waals surface area contributed by atoms with Crippen LogP contribution in [0.4, 0.5) is 0 Å². The Hall–Kier alpha value is -0.120. The molecule has 0 saturated heterocycles. The first-order chi connectivity index (χ1) is 6.74. The zero-order chi connectivity index (χ0) is 10.4. The molecule has 0 heterocycles. The van der Waals surface area contributed by atoms with Crippen molar-refractivity contribution in [2.75, 3.05) is 19.7 Å². The third-order valence-corrected chi connectivity index (χ3v) is 3.29. The molecule has 1 rings (SSSR count). The number of rotatable bonds is 5. The zero-order valence-corrected chi connectivity index (χ0v) is 9.08. The van der Waals surface area contributed by atoms with Gasteiger partial charge in [-0.2, -0.15) is 0 Å². The summed E-state index contributed by atoms with van der Waals surface area (Å²) in [6.07, 6.45) is 4.77. The van der Waals surface area contributed by atoms with Crippen LogP contribution in [0.15, 0.2) is 0 Å². The van der Waals surface area contributed by atoms with Crippen molar-refractivity contribution in [1.29, 1.82) is 0 Å². The fourth-order valence-corrected chi connectivity index (χ4v) is 2.20. The Kier molecular flexibility index (Phi) is 5.45. The summed E-state index contributed by atoms with van der Waals surface area (Å²) >= 11 is 0. The van der Waals surface area contributed by atoms with Gasteiger partial charge in [-0.15, -0.1) is 0 Å². The van der Waals surface area contributed by atoms with Crippen molar-refractivity contribution in [3.05, 3.63) is 0 Å². The van der Waals surface area contributed by atoms with E-state index in [9.17, 15) is 0 Å². The van der Waals surface area contributed by atoms with Crippen molar-refractivity contribution in [3.8, 4) is 0 Å². The van der Waals surface area contributed by atoms with E-state index in [1.165, 1.54) is 25.7 Å². The van der Waals surface area contributed by atoms with Crippen LogP contribution in [0.25, 0.3) is 0 Å². The summed E-state index contributed by atoms with van der Waals surface area (Å²) in [6, 6.07) is 0. The quantitative estimate of drug-likeness (QED) is 0.615. The Morgan fingerprint density at radius 2 is 2.07 bits per heavy atom. The molecule has 0 spiro atoms. The van der Waals surface area contributed by atoms with Crippen LogP contribution in [0, 0.1) is 11.8 Å². The molecule has 3 heteroatoms. The van der Waals surface area contributed by atoms with E-state index in [2.05, 4.69) is 12.2 Å². The van der Waals surface area contributed by atoms with Gasteiger partial charge in [0.05, 0.1) is 12.7 Å². The van der Waals surface area contributed by atoms with Crippen molar-refractivity contribution in [1.82, 2.24) is 5.32 Å². The number of aliphatic hydroxyl groups excluding tert-OH is 2. The van der Waals surface area contributed by atoms with Gasteiger partial charge in [0.2, 0.25) is 0 Å². The minimum absolute atomic E-state index is 0.146. The fourth-order valence-electron chi connectivity index (χ4n) is 2.20. The third-order valence-electron chi connectivity index (χ3n) is 3.29. The predicted molar refractivity (Wildman–Crippen MR) is 57.1 cm³/mol. The molecule has 2 unspecified atom stereocenters. The second-order valence-electron chi connectivity index (χ2n) is 4.52. The van der Waals surface area contributed by atoms with Crippen molar-refractivity contribution in [2.24, 2.45) is 11.8 Å². The van der Waals surface area contributed by atoms with E-state index >= 15 is 0 Å². The van der Waals surface area contributed by atoms with Gasteiger partial charge in [0.25, 0.3) is 0 Å². The van der Waals surface area contributed by atoms with Gasteiger partial charge < -0.3 is 15.5 Å². The van der Waals surface area contributed by atoms with E-state index < -0.39 is 6.10 Å². The maximum absolute atomic E-state index is 9.14. The van der Waals surface area contributed by atoms with Crippen LogP contribution in [-0.4, -0.2) is 36.0 Å². The Morgan fingerprint density at radius 3 is 2.71 bits per heavy atom. The topological polar surface area (TPSA) is 52.5 Å². The Bertz CT molecular complexity index is 152. The minimum atomic E-state index is -0.603. The lowest BCUT2D eigenvalue weighted by atomic mass is 9.80. The molecule has 3 nitrogen and oxygen atoms in total. The molecule has 84 valence electrons. The maximum atomic E-state index is 9.14. The summed E-state index contributed by atoms with van der Waals surface area (Å²) in [4.78, 5) is 0. The van der Waals surface area contributed by atoms with Gasteiger partial charge in [-0.05, 0) is 24.8 Å². The standard InChI is InChI=1S/C11H23NO2/c1-9-4-2-3-5-10(9)6-12-7-11(14)8-13/h9-14H,2-8H2,1H3/t9?,10?,11-/m0/s1. The lowest BCUT2D eigenvalue weighted by molar-refractivity contribution is 0.0919. The molecule has 3 N–H and O–H groups in total. The Morgan fingerprint density at radius 1 is 1.36 bits per heavy atom. The predicted octanol–water partition coefficient (Wildman–Crippen LogP) is 0.756. The second-order valence-corrected chi connectivity index (χ2v) is 4.52. The van der Waals surface area contributed by atoms with E-state index in [4.69, 9.17) is 10.2 Å². The average Bonchev–Trinajstić information content (AvgIpc) is 2.20. The van der Waals surface area contributed by atoms with E-state index in [-0.39, 0.29) is 6.61 Å². The first kappa shape index (κ1) is 12.0. The lowest BCUT2D eigenvalue weighted by Crippen LogP contribution is -2.35. The van der Waals surface area contributed by atoms with Crippen LogP contribution < -0.4 is 5.32 Å². The molecule has 0 aliphatic heterocycles. The highest BCUT2D eigenvalue weighted by Gasteiger charge is 2.20. The van der Waals surface area contributed by atoms with Crippen LogP contribution in [0.3, 0.4) is 0 Å². The van der Waals surface area contributed by atoms with Crippen molar-refractivity contribution in [2.45, 2.75) is 38.7 Å². The van der Waals surface area contributed by atoms with Gasteiger partial charge in [-0.1, -0.05) is 26.2 Å². The minimum Gasteiger partial charge on any atom is -0.394 e. The monoisotopic (exact) mass is 201 g/mol. The molecule has 0 aromatic rings. The largest absolute Gasteiger partial charge is 0.394 e. The summed E-state index contributed by atoms with van der Waals surface area (Å²) in [7, 11) is 0. The van der Waals surface area contributed by atoms with Crippen LogP contribution in [0.2, 0.25) is 0 Å². The first-order valence-electron chi connectivity index (χ1n) is 5.73. The van der Waals surface area contributed by atoms with Crippen molar-refractivity contribution in [3.63, 3.8) is 0 Å². The Labute approximate surface area is 86.5 Å². The highest BCUT2D eigenvalue weighted by atomic mass is 16.3. The molecule has 3 atom stereocenters. The van der Waals surface area contributed by atoms with Gasteiger partial charge in [-0.25, -0.2) is 0 Å². The fraction of sp³-hybridized carbons (Fsp3) is 1.00. The third kappa shape index (κ3) is 3.95. The summed E-state index contributed by atoms with van der Waals surface area (Å²) in [5, 5.41) is 21.0. The molecule has 0 radical (unpaired) electrons.